The summed E-state index contributed by atoms with van der Waals surface area (Å²) in [6, 6.07) is 14.9. The van der Waals surface area contributed by atoms with Gasteiger partial charge in [-0.15, -0.1) is 0 Å². The first-order valence-corrected chi connectivity index (χ1v) is 13.4. The number of sulfonamides is 1. The van der Waals surface area contributed by atoms with Crippen LogP contribution in [0.4, 0.5) is 11.4 Å². The van der Waals surface area contributed by atoms with E-state index in [9.17, 15) is 23.3 Å². The van der Waals surface area contributed by atoms with Crippen molar-refractivity contribution in [3.8, 4) is 17.2 Å². The molecule has 12 heteroatoms. The first-order chi connectivity index (χ1) is 18.5. The van der Waals surface area contributed by atoms with E-state index in [1.54, 1.807) is 30.3 Å². The minimum Gasteiger partial charge on any atom is -0.497 e. The molecule has 1 amide bonds. The second kappa shape index (κ2) is 12.5. The zero-order valence-corrected chi connectivity index (χ0v) is 23.2. The number of aryl methyl sites for hydroxylation is 1. The minimum atomic E-state index is -4.36. The molecular formula is C27H31N3O8S. The predicted octanol–water partition coefficient (Wildman–Crippen LogP) is 4.22. The van der Waals surface area contributed by atoms with Gasteiger partial charge in [-0.2, -0.15) is 0 Å². The molecule has 0 aliphatic heterocycles. The number of amides is 1. The lowest BCUT2D eigenvalue weighted by atomic mass is 10.2. The third-order valence-corrected chi connectivity index (χ3v) is 7.46. The second-order valence-corrected chi connectivity index (χ2v) is 10.7. The van der Waals surface area contributed by atoms with Gasteiger partial charge < -0.3 is 19.5 Å². The SMILES string of the molecule is COc1ccc(N(CC(=O)NCc2ccc(OC(C)C)c(OC)c2)S(=O)(=O)c2ccc(C)c([N+](=O)[O-])c2)cc1. The summed E-state index contributed by atoms with van der Waals surface area (Å²) in [5.41, 5.74) is 0.873. The lowest BCUT2D eigenvalue weighted by molar-refractivity contribution is -0.385. The van der Waals surface area contributed by atoms with Crippen molar-refractivity contribution in [2.45, 2.75) is 38.3 Å². The number of anilines is 1. The number of nitro groups is 1. The van der Waals surface area contributed by atoms with E-state index in [0.29, 0.717) is 28.4 Å². The number of nitrogens with one attached hydrogen (secondary N) is 1. The fraction of sp³-hybridized carbons (Fsp3) is 0.296. The summed E-state index contributed by atoms with van der Waals surface area (Å²) in [5.74, 6) is 0.966. The number of ether oxygens (including phenoxy) is 3. The maximum absolute atomic E-state index is 13.7. The van der Waals surface area contributed by atoms with Crippen molar-refractivity contribution in [3.63, 3.8) is 0 Å². The van der Waals surface area contributed by atoms with Crippen molar-refractivity contribution >= 4 is 27.3 Å². The van der Waals surface area contributed by atoms with Crippen LogP contribution in [0.5, 0.6) is 17.2 Å². The smallest absolute Gasteiger partial charge is 0.273 e. The van der Waals surface area contributed by atoms with Gasteiger partial charge >= 0.3 is 0 Å². The molecule has 208 valence electrons. The highest BCUT2D eigenvalue weighted by Crippen LogP contribution is 2.30. The molecule has 3 aromatic rings. The van der Waals surface area contributed by atoms with E-state index in [1.165, 1.54) is 45.4 Å². The highest BCUT2D eigenvalue weighted by atomic mass is 32.2. The Morgan fingerprint density at radius 3 is 2.28 bits per heavy atom. The summed E-state index contributed by atoms with van der Waals surface area (Å²) in [6.45, 7) is 4.83. The molecule has 3 aromatic carbocycles. The molecule has 11 nitrogen and oxygen atoms in total. The average molecular weight is 558 g/mol. The quantitative estimate of drug-likeness (QED) is 0.258. The van der Waals surface area contributed by atoms with Crippen LogP contribution in [0, 0.1) is 17.0 Å². The molecule has 0 unspecified atom stereocenters. The summed E-state index contributed by atoms with van der Waals surface area (Å²) in [5, 5.41) is 14.2. The average Bonchev–Trinajstić information content (AvgIpc) is 2.90. The van der Waals surface area contributed by atoms with Crippen LogP contribution in [0.1, 0.15) is 25.0 Å². The number of nitro benzene ring substituents is 1. The number of carbonyl (C=O) groups excluding carboxylic acids is 1. The summed E-state index contributed by atoms with van der Waals surface area (Å²) >= 11 is 0. The van der Waals surface area contributed by atoms with E-state index in [-0.39, 0.29) is 28.9 Å². The molecule has 0 aliphatic carbocycles. The van der Waals surface area contributed by atoms with Crippen LogP contribution in [0.15, 0.2) is 65.6 Å². The van der Waals surface area contributed by atoms with E-state index in [4.69, 9.17) is 14.2 Å². The Hall–Kier alpha value is -4.32. The number of hydrogen-bond acceptors (Lipinski definition) is 8. The molecule has 0 radical (unpaired) electrons. The standard InChI is InChI=1S/C27H31N3O8S/c1-18(2)38-25-13-7-20(14-26(25)37-5)16-28-27(31)17-29(21-8-10-22(36-4)11-9-21)39(34,35)23-12-6-19(3)24(15-23)30(32)33/h6-15,18H,16-17H2,1-5H3,(H,28,31). The normalized spacial score (nSPS) is 11.1. The highest BCUT2D eigenvalue weighted by Gasteiger charge is 2.29. The van der Waals surface area contributed by atoms with E-state index in [1.807, 2.05) is 13.8 Å². The van der Waals surface area contributed by atoms with Gasteiger partial charge in [0.05, 0.1) is 35.8 Å². The van der Waals surface area contributed by atoms with Gasteiger partial charge in [0, 0.05) is 18.2 Å². The first kappa shape index (κ1) is 29.2. The molecule has 0 spiro atoms. The second-order valence-electron chi connectivity index (χ2n) is 8.84. The number of methoxy groups -OCH3 is 2. The van der Waals surface area contributed by atoms with Crippen LogP contribution in [0.25, 0.3) is 0 Å². The van der Waals surface area contributed by atoms with E-state index in [0.717, 1.165) is 10.4 Å². The predicted molar refractivity (Wildman–Crippen MR) is 146 cm³/mol. The van der Waals surface area contributed by atoms with Gasteiger partial charge in [-0.25, -0.2) is 8.42 Å². The number of carbonyl (C=O) groups is 1. The topological polar surface area (TPSA) is 137 Å². The highest BCUT2D eigenvalue weighted by molar-refractivity contribution is 7.92. The molecule has 0 saturated heterocycles. The van der Waals surface area contributed by atoms with Crippen molar-refractivity contribution < 1.29 is 32.3 Å². The van der Waals surface area contributed by atoms with Gasteiger partial charge in [-0.3, -0.25) is 19.2 Å². The molecule has 0 atom stereocenters. The van der Waals surface area contributed by atoms with Crippen molar-refractivity contribution in [1.82, 2.24) is 5.32 Å². The molecule has 3 rings (SSSR count). The molecule has 0 aromatic heterocycles. The summed E-state index contributed by atoms with van der Waals surface area (Å²) in [7, 11) is -1.38. The summed E-state index contributed by atoms with van der Waals surface area (Å²) < 4.78 is 44.4. The zero-order valence-electron chi connectivity index (χ0n) is 22.3. The fourth-order valence-corrected chi connectivity index (χ4v) is 5.14. The molecule has 0 bridgehead atoms. The maximum atomic E-state index is 13.7. The van der Waals surface area contributed by atoms with Crippen molar-refractivity contribution in [1.29, 1.82) is 0 Å². The largest absolute Gasteiger partial charge is 0.497 e. The van der Waals surface area contributed by atoms with Crippen LogP contribution < -0.4 is 23.8 Å². The molecule has 0 aliphatic rings. The third kappa shape index (κ3) is 7.17. The molecule has 39 heavy (non-hydrogen) atoms. The van der Waals surface area contributed by atoms with Crippen LogP contribution in [0.2, 0.25) is 0 Å². The van der Waals surface area contributed by atoms with Crippen LogP contribution in [-0.2, 0) is 21.4 Å². The Kier molecular flexibility index (Phi) is 9.36. The van der Waals surface area contributed by atoms with Crippen LogP contribution >= 0.6 is 0 Å². The minimum absolute atomic E-state index is 0.0506. The van der Waals surface area contributed by atoms with Gasteiger partial charge in [0.1, 0.15) is 12.3 Å². The number of rotatable bonds is 12. The fourth-order valence-electron chi connectivity index (χ4n) is 3.70. The van der Waals surface area contributed by atoms with Gasteiger partial charge in [0.2, 0.25) is 5.91 Å². The molecule has 0 heterocycles. The van der Waals surface area contributed by atoms with E-state index < -0.39 is 27.4 Å². The third-order valence-electron chi connectivity index (χ3n) is 5.69. The van der Waals surface area contributed by atoms with Crippen molar-refractivity contribution in [3.05, 3.63) is 81.9 Å². The van der Waals surface area contributed by atoms with E-state index in [2.05, 4.69) is 5.32 Å². The first-order valence-electron chi connectivity index (χ1n) is 12.0. The number of hydrogen-bond donors (Lipinski definition) is 1. The Morgan fingerprint density at radius 1 is 1.00 bits per heavy atom. The Bertz CT molecular complexity index is 1440. The van der Waals surface area contributed by atoms with Gasteiger partial charge in [-0.05, 0) is 68.8 Å². The molecule has 1 N–H and O–H groups in total. The van der Waals surface area contributed by atoms with Gasteiger partial charge in [0.15, 0.2) is 11.5 Å². The molecule has 0 fully saturated rings. The van der Waals surface area contributed by atoms with Crippen molar-refractivity contribution in [2.75, 3.05) is 25.1 Å². The monoisotopic (exact) mass is 557 g/mol. The summed E-state index contributed by atoms with van der Waals surface area (Å²) in [4.78, 5) is 23.5. The van der Waals surface area contributed by atoms with Crippen molar-refractivity contribution in [2.24, 2.45) is 0 Å². The van der Waals surface area contributed by atoms with Gasteiger partial charge in [0.25, 0.3) is 15.7 Å². The lowest BCUT2D eigenvalue weighted by Gasteiger charge is -2.24. The Balaban J connectivity index is 1.88. The molecular weight excluding hydrogens is 526 g/mol. The van der Waals surface area contributed by atoms with Gasteiger partial charge in [-0.1, -0.05) is 12.1 Å². The number of benzene rings is 3. The number of nitrogens with zero attached hydrogens (tertiary/aromatic N) is 2. The molecule has 0 saturated carbocycles. The lowest BCUT2D eigenvalue weighted by Crippen LogP contribution is -2.40. The summed E-state index contributed by atoms with van der Waals surface area (Å²) in [6.07, 6.45) is -0.0506. The van der Waals surface area contributed by atoms with E-state index >= 15 is 0 Å². The Labute approximate surface area is 227 Å². The van der Waals surface area contributed by atoms with Crippen LogP contribution in [0.3, 0.4) is 0 Å². The maximum Gasteiger partial charge on any atom is 0.273 e. The van der Waals surface area contributed by atoms with Crippen LogP contribution in [-0.4, -0.2) is 46.1 Å². The Morgan fingerprint density at radius 2 is 1.69 bits per heavy atom. The zero-order chi connectivity index (χ0) is 28.7.